The van der Waals surface area contributed by atoms with Crippen LogP contribution in [0.3, 0.4) is 0 Å². The number of amides is 1. The minimum absolute atomic E-state index is 0.377. The molecule has 0 N–H and O–H groups in total. The average Bonchev–Trinajstić information content (AvgIpc) is 2.66. The number of hydrogen-bond acceptors (Lipinski definition) is 2. The molecular formula is C22H31NOS. The van der Waals surface area contributed by atoms with Gasteiger partial charge in [0.25, 0.3) is 0 Å². The number of thiocarbonyl (C=S) groups is 1. The maximum Gasteiger partial charge on any atom is 0.222 e. The lowest BCUT2D eigenvalue weighted by atomic mass is 9.78. The highest BCUT2D eigenvalue weighted by Crippen LogP contribution is 2.35. The van der Waals surface area contributed by atoms with Crippen molar-refractivity contribution in [1.29, 1.82) is 0 Å². The average molecular weight is 358 g/mol. The number of rotatable bonds is 7. The number of piperidine rings is 1. The van der Waals surface area contributed by atoms with Crippen LogP contribution in [0.25, 0.3) is 0 Å². The van der Waals surface area contributed by atoms with Gasteiger partial charge in [0.15, 0.2) is 0 Å². The maximum atomic E-state index is 12.7. The van der Waals surface area contributed by atoms with Gasteiger partial charge < -0.3 is 4.90 Å². The van der Waals surface area contributed by atoms with Crippen LogP contribution in [0.1, 0.15) is 69.8 Å². The highest BCUT2D eigenvalue weighted by atomic mass is 32.1. The van der Waals surface area contributed by atoms with Gasteiger partial charge in [0.05, 0.1) is 0 Å². The van der Waals surface area contributed by atoms with E-state index in [0.29, 0.717) is 18.4 Å². The van der Waals surface area contributed by atoms with Gasteiger partial charge in [-0.1, -0.05) is 55.4 Å². The molecule has 1 aliphatic heterocycles. The van der Waals surface area contributed by atoms with Gasteiger partial charge in [-0.3, -0.25) is 4.79 Å². The van der Waals surface area contributed by atoms with Crippen LogP contribution in [0.5, 0.6) is 0 Å². The number of likely N-dealkylation sites (tertiary alicyclic amines) is 1. The third-order valence-electron chi connectivity index (χ3n) is 5.95. The first-order valence-corrected chi connectivity index (χ1v) is 10.5. The molecule has 1 aromatic carbocycles. The fraction of sp³-hybridized carbons (Fsp3) is 0.636. The van der Waals surface area contributed by atoms with Crippen molar-refractivity contribution >= 4 is 23.0 Å². The van der Waals surface area contributed by atoms with Gasteiger partial charge in [-0.2, -0.15) is 0 Å². The topological polar surface area (TPSA) is 20.3 Å². The summed E-state index contributed by atoms with van der Waals surface area (Å²) in [6, 6.07) is 11.1. The molecule has 2 aliphatic rings. The molecule has 0 bridgehead atoms. The lowest BCUT2D eigenvalue weighted by Crippen LogP contribution is -2.49. The van der Waals surface area contributed by atoms with Gasteiger partial charge in [0.1, 0.15) is 0 Å². The monoisotopic (exact) mass is 357 g/mol. The predicted molar refractivity (Wildman–Crippen MR) is 108 cm³/mol. The molecule has 2 fully saturated rings. The van der Waals surface area contributed by atoms with E-state index in [0.717, 1.165) is 43.0 Å². The van der Waals surface area contributed by atoms with Crippen molar-refractivity contribution in [3.05, 3.63) is 35.9 Å². The van der Waals surface area contributed by atoms with E-state index in [-0.39, 0.29) is 0 Å². The van der Waals surface area contributed by atoms with Crippen LogP contribution < -0.4 is 0 Å². The van der Waals surface area contributed by atoms with Crippen molar-refractivity contribution in [3.63, 3.8) is 0 Å². The lowest BCUT2D eigenvalue weighted by Gasteiger charge is -2.44. The quantitative estimate of drug-likeness (QED) is 0.614. The summed E-state index contributed by atoms with van der Waals surface area (Å²) in [5, 5.41) is 0. The summed E-state index contributed by atoms with van der Waals surface area (Å²) in [4.78, 5) is 16.0. The number of nitrogens with zero attached hydrogens (tertiary/aromatic N) is 1. The van der Waals surface area contributed by atoms with Crippen LogP contribution in [-0.2, 0) is 11.2 Å². The van der Waals surface area contributed by atoms with Gasteiger partial charge in [-0.15, -0.1) is 0 Å². The summed E-state index contributed by atoms with van der Waals surface area (Å²) in [6.07, 6.45) is 12.2. The normalized spacial score (nSPS) is 23.1. The number of hydrogen-bond donors (Lipinski definition) is 0. The van der Waals surface area contributed by atoms with E-state index in [4.69, 9.17) is 12.2 Å². The van der Waals surface area contributed by atoms with E-state index in [1.807, 2.05) is 6.07 Å². The molecule has 2 unspecified atom stereocenters. The molecule has 1 aliphatic carbocycles. The zero-order valence-electron chi connectivity index (χ0n) is 15.3. The summed E-state index contributed by atoms with van der Waals surface area (Å²) in [6.45, 7) is 0.985. The maximum absolute atomic E-state index is 12.7. The molecule has 136 valence electrons. The van der Waals surface area contributed by atoms with Crippen molar-refractivity contribution in [1.82, 2.24) is 4.90 Å². The van der Waals surface area contributed by atoms with Crippen LogP contribution in [0.2, 0.25) is 0 Å². The molecule has 3 heteroatoms. The van der Waals surface area contributed by atoms with E-state index in [1.54, 1.807) is 0 Å². The minimum Gasteiger partial charge on any atom is -0.339 e. The molecule has 1 saturated carbocycles. The van der Waals surface area contributed by atoms with E-state index < -0.39 is 0 Å². The Morgan fingerprint density at radius 3 is 2.60 bits per heavy atom. The molecule has 2 nitrogen and oxygen atoms in total. The van der Waals surface area contributed by atoms with Gasteiger partial charge in [-0.05, 0) is 67.7 Å². The first kappa shape index (κ1) is 18.6. The number of benzene rings is 1. The molecule has 1 amide bonds. The second-order valence-electron chi connectivity index (χ2n) is 7.72. The van der Waals surface area contributed by atoms with Crippen molar-refractivity contribution in [3.8, 4) is 0 Å². The molecule has 3 rings (SSSR count). The summed E-state index contributed by atoms with van der Waals surface area (Å²) in [5.41, 5.74) is 1.34. The van der Waals surface area contributed by atoms with Crippen LogP contribution in [0.15, 0.2) is 30.3 Å². The number of carbonyl (C=O) groups is 1. The van der Waals surface area contributed by atoms with Crippen LogP contribution >= 0.6 is 12.2 Å². The Hall–Kier alpha value is -1.22. The first-order chi connectivity index (χ1) is 12.2. The summed E-state index contributed by atoms with van der Waals surface area (Å²) in [5.74, 6) is 1.15. The Kier molecular flexibility index (Phi) is 7.03. The molecule has 1 saturated heterocycles. The van der Waals surface area contributed by atoms with Gasteiger partial charge in [0.2, 0.25) is 5.91 Å². The number of aryl methyl sites for hydroxylation is 1. The van der Waals surface area contributed by atoms with Crippen molar-refractivity contribution in [2.24, 2.45) is 5.92 Å². The molecule has 1 heterocycles. The summed E-state index contributed by atoms with van der Waals surface area (Å²) >= 11 is 5.53. The van der Waals surface area contributed by atoms with E-state index in [1.165, 1.54) is 44.1 Å². The van der Waals surface area contributed by atoms with Crippen molar-refractivity contribution < 1.29 is 4.79 Å². The zero-order valence-corrected chi connectivity index (χ0v) is 16.1. The van der Waals surface area contributed by atoms with Crippen LogP contribution in [-0.4, -0.2) is 28.3 Å². The van der Waals surface area contributed by atoms with Crippen LogP contribution in [0.4, 0.5) is 0 Å². The smallest absolute Gasteiger partial charge is 0.222 e. The Morgan fingerprint density at radius 1 is 1.00 bits per heavy atom. The highest BCUT2D eigenvalue weighted by Gasteiger charge is 2.35. The molecule has 1 aromatic rings. The number of fused-ring (bicyclic) bond motifs is 1. The summed E-state index contributed by atoms with van der Waals surface area (Å²) < 4.78 is 0. The lowest BCUT2D eigenvalue weighted by molar-refractivity contribution is -0.137. The van der Waals surface area contributed by atoms with E-state index >= 15 is 0 Å². The third kappa shape index (κ3) is 5.37. The fourth-order valence-corrected chi connectivity index (χ4v) is 4.81. The second-order valence-corrected chi connectivity index (χ2v) is 8.30. The van der Waals surface area contributed by atoms with Crippen molar-refractivity contribution in [2.75, 3.05) is 6.54 Å². The molecule has 0 spiro atoms. The largest absolute Gasteiger partial charge is 0.339 e. The third-order valence-corrected chi connectivity index (χ3v) is 6.35. The molecule has 25 heavy (non-hydrogen) atoms. The van der Waals surface area contributed by atoms with E-state index in [2.05, 4.69) is 29.2 Å². The minimum atomic E-state index is 0.377. The Labute approximate surface area is 158 Å². The van der Waals surface area contributed by atoms with Crippen molar-refractivity contribution in [2.45, 2.75) is 76.7 Å². The first-order valence-electron chi connectivity index (χ1n) is 10.1. The van der Waals surface area contributed by atoms with Gasteiger partial charge in [0, 0.05) is 19.0 Å². The second kappa shape index (κ2) is 9.47. The predicted octanol–water partition coefficient (Wildman–Crippen LogP) is 5.34. The Bertz CT molecular complexity index is 569. The molecular weight excluding hydrogens is 326 g/mol. The Morgan fingerprint density at radius 2 is 1.76 bits per heavy atom. The van der Waals surface area contributed by atoms with Gasteiger partial charge >= 0.3 is 0 Å². The number of carbonyl (C=O) groups excluding carboxylic acids is 1. The van der Waals surface area contributed by atoms with Gasteiger partial charge in [-0.25, -0.2) is 0 Å². The zero-order chi connectivity index (χ0) is 17.5. The molecule has 0 aromatic heterocycles. The summed E-state index contributed by atoms with van der Waals surface area (Å²) in [7, 11) is 0. The fourth-order valence-electron chi connectivity index (χ4n) is 4.57. The molecule has 0 radical (unpaired) electrons. The van der Waals surface area contributed by atoms with E-state index in [9.17, 15) is 4.79 Å². The Balaban J connectivity index is 1.37. The standard InChI is InChI=1S/C22H31NOS/c24-22(23-17-7-11-19-10-4-5-13-21(19)23)14-6-12-20(25)16-15-18-8-2-1-3-9-18/h1-3,8-9,19,21H,4-7,10-17H2. The highest BCUT2D eigenvalue weighted by molar-refractivity contribution is 7.80. The molecule has 2 atom stereocenters. The SMILES string of the molecule is O=C(CCCC(=S)CCc1ccccc1)N1CCCC2CCCCC21. The van der Waals surface area contributed by atoms with Crippen LogP contribution in [0, 0.1) is 5.92 Å².